The molecule has 0 aliphatic heterocycles. The molecule has 0 saturated carbocycles. The number of nitro groups is 1. The summed E-state index contributed by atoms with van der Waals surface area (Å²) in [7, 11) is 0. The predicted molar refractivity (Wildman–Crippen MR) is 81.6 cm³/mol. The highest BCUT2D eigenvalue weighted by Gasteiger charge is 2.16. The molecule has 2 rings (SSSR count). The number of benzene rings is 2. The lowest BCUT2D eigenvalue weighted by Gasteiger charge is -2.13. The summed E-state index contributed by atoms with van der Waals surface area (Å²) in [6, 6.07) is 8.19. The number of rotatable bonds is 4. The van der Waals surface area contributed by atoms with Gasteiger partial charge in [0.1, 0.15) is 5.82 Å². The average molecular weight is 302 g/mol. The van der Waals surface area contributed by atoms with Gasteiger partial charge in [-0.25, -0.2) is 4.39 Å². The van der Waals surface area contributed by atoms with Crippen molar-refractivity contribution in [1.29, 1.82) is 0 Å². The molecule has 0 aromatic heterocycles. The summed E-state index contributed by atoms with van der Waals surface area (Å²) in [4.78, 5) is 22.6. The van der Waals surface area contributed by atoms with Gasteiger partial charge < -0.3 is 5.32 Å². The van der Waals surface area contributed by atoms with Crippen LogP contribution in [0.5, 0.6) is 0 Å². The number of carbonyl (C=O) groups excluding carboxylic acids is 1. The number of hydrogen-bond donors (Lipinski definition) is 1. The normalized spacial score (nSPS) is 10.3. The molecule has 0 aliphatic carbocycles. The number of aryl methyl sites for hydroxylation is 2. The van der Waals surface area contributed by atoms with Crippen molar-refractivity contribution in [3.63, 3.8) is 0 Å². The summed E-state index contributed by atoms with van der Waals surface area (Å²) in [6.07, 6.45) is 0.529. The molecule has 0 atom stereocenters. The van der Waals surface area contributed by atoms with E-state index in [1.807, 2.05) is 6.92 Å². The molecule has 0 spiro atoms. The number of anilines is 1. The quantitative estimate of drug-likeness (QED) is 0.688. The second kappa shape index (κ2) is 6.34. The third kappa shape index (κ3) is 3.28. The molecule has 1 amide bonds. The molecule has 0 aliphatic rings. The average Bonchev–Trinajstić information content (AvgIpc) is 2.48. The maximum Gasteiger partial charge on any atom is 0.270 e. The van der Waals surface area contributed by atoms with E-state index in [9.17, 15) is 19.3 Å². The molecule has 2 aromatic rings. The van der Waals surface area contributed by atoms with E-state index < -0.39 is 16.6 Å². The Hall–Kier alpha value is -2.76. The minimum absolute atomic E-state index is 0.0156. The van der Waals surface area contributed by atoms with Gasteiger partial charge >= 0.3 is 0 Å². The van der Waals surface area contributed by atoms with Crippen molar-refractivity contribution in [2.75, 3.05) is 5.32 Å². The van der Waals surface area contributed by atoms with Gasteiger partial charge in [-0.15, -0.1) is 0 Å². The SMILES string of the molecule is CCc1cc([N+](=O)[O-])cc(C)c1NC(=O)c1cccc(F)c1. The van der Waals surface area contributed by atoms with Gasteiger partial charge in [0.25, 0.3) is 11.6 Å². The molecular weight excluding hydrogens is 287 g/mol. The van der Waals surface area contributed by atoms with Gasteiger partial charge in [-0.1, -0.05) is 13.0 Å². The third-order valence-corrected chi connectivity index (χ3v) is 3.32. The first-order valence-corrected chi connectivity index (χ1v) is 6.77. The first-order chi connectivity index (χ1) is 10.4. The number of nitrogens with one attached hydrogen (secondary N) is 1. The van der Waals surface area contributed by atoms with E-state index in [1.165, 1.54) is 30.3 Å². The van der Waals surface area contributed by atoms with Crippen molar-refractivity contribution < 1.29 is 14.1 Å². The molecule has 0 radical (unpaired) electrons. The monoisotopic (exact) mass is 302 g/mol. The van der Waals surface area contributed by atoms with Crippen LogP contribution in [0.25, 0.3) is 0 Å². The van der Waals surface area contributed by atoms with Crippen molar-refractivity contribution in [3.8, 4) is 0 Å². The number of nitro benzene ring substituents is 1. The Morgan fingerprint density at radius 3 is 2.64 bits per heavy atom. The van der Waals surface area contributed by atoms with Gasteiger partial charge in [-0.3, -0.25) is 14.9 Å². The summed E-state index contributed by atoms with van der Waals surface area (Å²) >= 11 is 0. The summed E-state index contributed by atoms with van der Waals surface area (Å²) in [5, 5.41) is 13.6. The van der Waals surface area contributed by atoms with Crippen LogP contribution in [0.1, 0.15) is 28.4 Å². The van der Waals surface area contributed by atoms with E-state index in [1.54, 1.807) is 6.92 Å². The van der Waals surface area contributed by atoms with Gasteiger partial charge in [0.2, 0.25) is 0 Å². The van der Waals surface area contributed by atoms with E-state index in [2.05, 4.69) is 5.32 Å². The van der Waals surface area contributed by atoms with Gasteiger partial charge in [0.05, 0.1) is 4.92 Å². The largest absolute Gasteiger partial charge is 0.321 e. The number of non-ortho nitro benzene ring substituents is 1. The van der Waals surface area contributed by atoms with Crippen LogP contribution in [-0.4, -0.2) is 10.8 Å². The van der Waals surface area contributed by atoms with Gasteiger partial charge in [0.15, 0.2) is 0 Å². The van der Waals surface area contributed by atoms with E-state index in [4.69, 9.17) is 0 Å². The summed E-state index contributed by atoms with van der Waals surface area (Å²) in [5.74, 6) is -0.949. The van der Waals surface area contributed by atoms with Crippen LogP contribution in [0.4, 0.5) is 15.8 Å². The highest BCUT2D eigenvalue weighted by atomic mass is 19.1. The highest BCUT2D eigenvalue weighted by molar-refractivity contribution is 6.05. The first-order valence-electron chi connectivity index (χ1n) is 6.77. The maximum absolute atomic E-state index is 13.2. The molecule has 6 heteroatoms. The van der Waals surface area contributed by atoms with E-state index in [0.717, 1.165) is 6.07 Å². The van der Waals surface area contributed by atoms with Gasteiger partial charge in [-0.05, 0) is 42.7 Å². The zero-order chi connectivity index (χ0) is 16.3. The Kier molecular flexibility index (Phi) is 4.50. The minimum Gasteiger partial charge on any atom is -0.321 e. The Labute approximate surface area is 126 Å². The fourth-order valence-electron chi connectivity index (χ4n) is 2.22. The second-order valence-electron chi connectivity index (χ2n) is 4.87. The summed E-state index contributed by atoms with van der Waals surface area (Å²) < 4.78 is 13.2. The van der Waals surface area contributed by atoms with Crippen LogP contribution in [0.3, 0.4) is 0 Å². The van der Waals surface area contributed by atoms with Crippen molar-refractivity contribution in [2.24, 2.45) is 0 Å². The van der Waals surface area contributed by atoms with Crippen LogP contribution in [0.2, 0.25) is 0 Å². The standard InChI is InChI=1S/C16H15FN2O3/c1-3-11-9-14(19(21)22)7-10(2)15(11)18-16(20)12-5-4-6-13(17)8-12/h4-9H,3H2,1-2H3,(H,18,20). The molecule has 0 fully saturated rings. The molecule has 22 heavy (non-hydrogen) atoms. The molecule has 2 aromatic carbocycles. The summed E-state index contributed by atoms with van der Waals surface area (Å²) in [5.41, 5.74) is 1.97. The smallest absolute Gasteiger partial charge is 0.270 e. The maximum atomic E-state index is 13.2. The van der Waals surface area contributed by atoms with Gasteiger partial charge in [0, 0.05) is 23.4 Å². The lowest BCUT2D eigenvalue weighted by atomic mass is 10.0. The van der Waals surface area contributed by atoms with Crippen LogP contribution in [-0.2, 0) is 6.42 Å². The predicted octanol–water partition coefficient (Wildman–Crippen LogP) is 3.86. The van der Waals surface area contributed by atoms with Crippen molar-refractivity contribution >= 4 is 17.3 Å². The molecule has 0 unspecified atom stereocenters. The fraction of sp³-hybridized carbons (Fsp3) is 0.188. The number of nitrogens with zero attached hydrogens (tertiary/aromatic N) is 1. The van der Waals surface area contributed by atoms with Gasteiger partial charge in [-0.2, -0.15) is 0 Å². The molecule has 1 N–H and O–H groups in total. The van der Waals surface area contributed by atoms with Crippen LogP contribution < -0.4 is 5.32 Å². The molecule has 0 heterocycles. The van der Waals surface area contributed by atoms with Crippen LogP contribution in [0.15, 0.2) is 36.4 Å². The van der Waals surface area contributed by atoms with E-state index >= 15 is 0 Å². The number of carbonyl (C=O) groups is 1. The molecule has 0 saturated heterocycles. The molecule has 0 bridgehead atoms. The molecule has 5 nitrogen and oxygen atoms in total. The van der Waals surface area contributed by atoms with Crippen LogP contribution in [0, 0.1) is 22.9 Å². The number of halogens is 1. The number of hydrogen-bond acceptors (Lipinski definition) is 3. The first kappa shape index (κ1) is 15.6. The minimum atomic E-state index is -0.496. The molecular formula is C16H15FN2O3. The van der Waals surface area contributed by atoms with E-state index in [0.29, 0.717) is 23.2 Å². The Balaban J connectivity index is 2.37. The summed E-state index contributed by atoms with van der Waals surface area (Å²) in [6.45, 7) is 3.53. The third-order valence-electron chi connectivity index (χ3n) is 3.32. The Morgan fingerprint density at radius 1 is 1.32 bits per heavy atom. The van der Waals surface area contributed by atoms with E-state index in [-0.39, 0.29) is 11.3 Å². The second-order valence-corrected chi connectivity index (χ2v) is 4.87. The Morgan fingerprint density at radius 2 is 2.05 bits per heavy atom. The lowest BCUT2D eigenvalue weighted by Crippen LogP contribution is -2.14. The topological polar surface area (TPSA) is 72.2 Å². The zero-order valence-electron chi connectivity index (χ0n) is 12.2. The fourth-order valence-corrected chi connectivity index (χ4v) is 2.22. The van der Waals surface area contributed by atoms with Crippen molar-refractivity contribution in [2.45, 2.75) is 20.3 Å². The zero-order valence-corrected chi connectivity index (χ0v) is 12.2. The lowest BCUT2D eigenvalue weighted by molar-refractivity contribution is -0.384. The highest BCUT2D eigenvalue weighted by Crippen LogP contribution is 2.27. The van der Waals surface area contributed by atoms with Crippen molar-refractivity contribution in [1.82, 2.24) is 0 Å². The Bertz CT molecular complexity index is 744. The molecule has 114 valence electrons. The van der Waals surface area contributed by atoms with Crippen molar-refractivity contribution in [3.05, 3.63) is 69.0 Å². The number of amides is 1. The van der Waals surface area contributed by atoms with Crippen LogP contribution >= 0.6 is 0 Å².